The van der Waals surface area contributed by atoms with Crippen LogP contribution in [0.5, 0.6) is 5.75 Å². The summed E-state index contributed by atoms with van der Waals surface area (Å²) < 4.78 is 5.85. The van der Waals surface area contributed by atoms with Crippen LogP contribution in [0.1, 0.15) is 11.1 Å². The highest BCUT2D eigenvalue weighted by Gasteiger charge is 2.21. The standard InChI is InChI=1S/C14H15N3O/c1-10-6-14(17-16-8-10)15-9-12-7-11-4-2-3-5-13(11)18-12/h2-6,8,12H,7,9H2,1H3,(H,15,17). The Balaban J connectivity index is 1.60. The van der Waals surface area contributed by atoms with Crippen LogP contribution in [-0.2, 0) is 6.42 Å². The van der Waals surface area contributed by atoms with Gasteiger partial charge in [-0.25, -0.2) is 0 Å². The first kappa shape index (κ1) is 11.0. The number of hydrogen-bond donors (Lipinski definition) is 1. The minimum absolute atomic E-state index is 0.171. The fraction of sp³-hybridized carbons (Fsp3) is 0.286. The minimum atomic E-state index is 0.171. The van der Waals surface area contributed by atoms with Crippen molar-refractivity contribution >= 4 is 5.82 Å². The van der Waals surface area contributed by atoms with Crippen LogP contribution in [-0.4, -0.2) is 22.8 Å². The van der Waals surface area contributed by atoms with E-state index in [1.54, 1.807) is 6.20 Å². The molecule has 0 saturated heterocycles. The third kappa shape index (κ3) is 2.27. The molecule has 1 aliphatic heterocycles. The Bertz CT molecular complexity index is 531. The van der Waals surface area contributed by atoms with Gasteiger partial charge in [0.05, 0.1) is 12.7 Å². The van der Waals surface area contributed by atoms with Crippen molar-refractivity contribution in [1.82, 2.24) is 10.2 Å². The number of fused-ring (bicyclic) bond motifs is 1. The molecule has 0 bridgehead atoms. The van der Waals surface area contributed by atoms with Gasteiger partial charge in [0.1, 0.15) is 17.7 Å². The van der Waals surface area contributed by atoms with Crippen molar-refractivity contribution in [1.29, 1.82) is 0 Å². The Hall–Kier alpha value is -2.10. The number of para-hydroxylation sites is 1. The van der Waals surface area contributed by atoms with Gasteiger partial charge in [0.15, 0.2) is 0 Å². The van der Waals surface area contributed by atoms with Crippen molar-refractivity contribution in [2.45, 2.75) is 19.4 Å². The van der Waals surface area contributed by atoms with Crippen LogP contribution in [0.15, 0.2) is 36.5 Å². The fourth-order valence-corrected chi connectivity index (χ4v) is 2.14. The maximum atomic E-state index is 5.85. The van der Waals surface area contributed by atoms with Crippen LogP contribution in [0.25, 0.3) is 0 Å². The van der Waals surface area contributed by atoms with Crippen LogP contribution in [0, 0.1) is 6.92 Å². The number of nitrogens with zero attached hydrogens (tertiary/aromatic N) is 2. The van der Waals surface area contributed by atoms with Crippen molar-refractivity contribution in [3.63, 3.8) is 0 Å². The molecule has 0 radical (unpaired) electrons. The van der Waals surface area contributed by atoms with Crippen molar-refractivity contribution in [3.05, 3.63) is 47.7 Å². The topological polar surface area (TPSA) is 47.0 Å². The van der Waals surface area contributed by atoms with E-state index in [0.29, 0.717) is 0 Å². The van der Waals surface area contributed by atoms with Gasteiger partial charge in [-0.3, -0.25) is 0 Å². The van der Waals surface area contributed by atoms with Gasteiger partial charge in [0.25, 0.3) is 0 Å². The second kappa shape index (κ2) is 4.64. The first-order valence-electron chi connectivity index (χ1n) is 6.09. The molecule has 0 amide bonds. The molecule has 18 heavy (non-hydrogen) atoms. The Morgan fingerprint density at radius 3 is 3.11 bits per heavy atom. The lowest BCUT2D eigenvalue weighted by atomic mass is 10.1. The van der Waals surface area contributed by atoms with Crippen LogP contribution in [0.4, 0.5) is 5.82 Å². The first-order chi connectivity index (χ1) is 8.81. The molecule has 1 aromatic heterocycles. The summed E-state index contributed by atoms with van der Waals surface area (Å²) in [6.07, 6.45) is 2.86. The van der Waals surface area contributed by atoms with Gasteiger partial charge < -0.3 is 10.1 Å². The molecule has 0 fully saturated rings. The summed E-state index contributed by atoms with van der Waals surface area (Å²) in [4.78, 5) is 0. The molecule has 4 heteroatoms. The molecule has 1 aromatic carbocycles. The lowest BCUT2D eigenvalue weighted by Crippen LogP contribution is -2.24. The number of ether oxygens (including phenoxy) is 1. The smallest absolute Gasteiger partial charge is 0.149 e. The van der Waals surface area contributed by atoms with Crippen LogP contribution < -0.4 is 10.1 Å². The highest BCUT2D eigenvalue weighted by molar-refractivity contribution is 5.39. The van der Waals surface area contributed by atoms with E-state index >= 15 is 0 Å². The Morgan fingerprint density at radius 1 is 1.39 bits per heavy atom. The number of aryl methyl sites for hydroxylation is 1. The summed E-state index contributed by atoms with van der Waals surface area (Å²) in [6.45, 7) is 2.74. The van der Waals surface area contributed by atoms with E-state index < -0.39 is 0 Å². The van der Waals surface area contributed by atoms with Gasteiger partial charge in [-0.1, -0.05) is 18.2 Å². The van der Waals surface area contributed by atoms with E-state index in [9.17, 15) is 0 Å². The summed E-state index contributed by atoms with van der Waals surface area (Å²) in [7, 11) is 0. The molecule has 0 spiro atoms. The molecule has 2 aromatic rings. The van der Waals surface area contributed by atoms with Crippen LogP contribution in [0.2, 0.25) is 0 Å². The van der Waals surface area contributed by atoms with Crippen LogP contribution >= 0.6 is 0 Å². The third-order valence-electron chi connectivity index (χ3n) is 3.02. The quantitative estimate of drug-likeness (QED) is 0.895. The average Bonchev–Trinajstić information content (AvgIpc) is 2.79. The van der Waals surface area contributed by atoms with Gasteiger partial charge in [0, 0.05) is 6.42 Å². The van der Waals surface area contributed by atoms with Gasteiger partial charge in [-0.05, 0) is 30.2 Å². The van der Waals surface area contributed by atoms with Gasteiger partial charge in [0.2, 0.25) is 0 Å². The summed E-state index contributed by atoms with van der Waals surface area (Å²) in [6, 6.07) is 10.2. The molecule has 3 rings (SSSR count). The molecule has 1 atom stereocenters. The van der Waals surface area contributed by atoms with E-state index in [-0.39, 0.29) is 6.10 Å². The number of nitrogens with one attached hydrogen (secondary N) is 1. The van der Waals surface area contributed by atoms with Gasteiger partial charge in [-0.2, -0.15) is 5.10 Å². The monoisotopic (exact) mass is 241 g/mol. The summed E-state index contributed by atoms with van der Waals surface area (Å²) >= 11 is 0. The fourth-order valence-electron chi connectivity index (χ4n) is 2.14. The Morgan fingerprint density at radius 2 is 2.28 bits per heavy atom. The zero-order chi connectivity index (χ0) is 12.4. The zero-order valence-electron chi connectivity index (χ0n) is 10.3. The summed E-state index contributed by atoms with van der Waals surface area (Å²) in [5, 5.41) is 11.2. The predicted molar refractivity (Wildman–Crippen MR) is 69.8 cm³/mol. The van der Waals surface area contributed by atoms with Gasteiger partial charge in [-0.15, -0.1) is 5.10 Å². The molecule has 1 aliphatic rings. The maximum Gasteiger partial charge on any atom is 0.149 e. The SMILES string of the molecule is Cc1cnnc(NCC2Cc3ccccc3O2)c1. The average molecular weight is 241 g/mol. The van der Waals surface area contributed by atoms with Gasteiger partial charge >= 0.3 is 0 Å². The van der Waals surface area contributed by atoms with E-state index in [2.05, 4.69) is 21.6 Å². The lowest BCUT2D eigenvalue weighted by molar-refractivity contribution is 0.246. The molecule has 1 unspecified atom stereocenters. The normalized spacial score (nSPS) is 17.1. The number of rotatable bonds is 3. The lowest BCUT2D eigenvalue weighted by Gasteiger charge is -2.12. The summed E-state index contributed by atoms with van der Waals surface area (Å²) in [5.41, 5.74) is 2.38. The summed E-state index contributed by atoms with van der Waals surface area (Å²) in [5.74, 6) is 1.80. The predicted octanol–water partition coefficient (Wildman–Crippen LogP) is 2.20. The second-order valence-electron chi connectivity index (χ2n) is 4.55. The minimum Gasteiger partial charge on any atom is -0.488 e. The maximum absolute atomic E-state index is 5.85. The van der Waals surface area contributed by atoms with Crippen molar-refractivity contribution in [2.75, 3.05) is 11.9 Å². The van der Waals surface area contributed by atoms with E-state index in [1.807, 2.05) is 31.2 Å². The molecule has 92 valence electrons. The molecule has 0 saturated carbocycles. The molecule has 2 heterocycles. The van der Waals surface area contributed by atoms with Crippen molar-refractivity contribution in [2.24, 2.45) is 0 Å². The zero-order valence-corrected chi connectivity index (χ0v) is 10.3. The third-order valence-corrected chi connectivity index (χ3v) is 3.02. The molecule has 1 N–H and O–H groups in total. The molecular weight excluding hydrogens is 226 g/mol. The van der Waals surface area contributed by atoms with E-state index in [0.717, 1.165) is 30.1 Å². The van der Waals surface area contributed by atoms with Crippen molar-refractivity contribution in [3.8, 4) is 5.75 Å². The molecular formula is C14H15N3O. The highest BCUT2D eigenvalue weighted by Crippen LogP contribution is 2.28. The highest BCUT2D eigenvalue weighted by atomic mass is 16.5. The number of hydrogen-bond acceptors (Lipinski definition) is 4. The van der Waals surface area contributed by atoms with Crippen molar-refractivity contribution < 1.29 is 4.74 Å². The Labute approximate surface area is 106 Å². The van der Waals surface area contributed by atoms with Crippen LogP contribution in [0.3, 0.4) is 0 Å². The molecule has 4 nitrogen and oxygen atoms in total. The Kier molecular flexibility index (Phi) is 2.84. The first-order valence-corrected chi connectivity index (χ1v) is 6.09. The molecule has 0 aliphatic carbocycles. The number of anilines is 1. The van der Waals surface area contributed by atoms with E-state index in [1.165, 1.54) is 5.56 Å². The largest absolute Gasteiger partial charge is 0.488 e. The number of aromatic nitrogens is 2. The number of benzene rings is 1. The van der Waals surface area contributed by atoms with E-state index in [4.69, 9.17) is 4.74 Å². The second-order valence-corrected chi connectivity index (χ2v) is 4.55.